The Balaban J connectivity index is 1.65. The number of hydrogen-bond donors (Lipinski definition) is 3. The van der Waals surface area contributed by atoms with Crippen LogP contribution >= 0.6 is 0 Å². The van der Waals surface area contributed by atoms with E-state index in [-0.39, 0.29) is 5.97 Å². The molecule has 0 radical (unpaired) electrons. The second kappa shape index (κ2) is 9.73. The third-order valence-corrected chi connectivity index (χ3v) is 4.64. The molecule has 3 rings (SSSR count). The summed E-state index contributed by atoms with van der Waals surface area (Å²) >= 11 is 0. The number of hydrogen-bond acceptors (Lipinski definition) is 7. The van der Waals surface area contributed by atoms with Crippen LogP contribution < -0.4 is 16.4 Å². The van der Waals surface area contributed by atoms with Gasteiger partial charge in [-0.1, -0.05) is 17.7 Å². The number of ether oxygens (including phenoxy) is 1. The zero-order valence-corrected chi connectivity index (χ0v) is 16.2. The maximum absolute atomic E-state index is 11.9. The number of nitrogens with zero attached hydrogens (tertiary/aromatic N) is 2. The van der Waals surface area contributed by atoms with Gasteiger partial charge in [0.15, 0.2) is 11.6 Å². The number of carbonyl (C=O) groups is 1. The van der Waals surface area contributed by atoms with Crippen LogP contribution in [0.1, 0.15) is 49.4 Å². The highest BCUT2D eigenvalue weighted by Crippen LogP contribution is 2.27. The van der Waals surface area contributed by atoms with Crippen LogP contribution in [0.5, 0.6) is 0 Å². The Morgan fingerprint density at radius 1 is 1.25 bits per heavy atom. The van der Waals surface area contributed by atoms with E-state index in [4.69, 9.17) is 10.5 Å². The first-order valence-electron chi connectivity index (χ1n) is 9.74. The van der Waals surface area contributed by atoms with Crippen molar-refractivity contribution in [1.82, 2.24) is 9.97 Å². The van der Waals surface area contributed by atoms with Crippen LogP contribution in [-0.2, 0) is 4.74 Å². The Bertz CT molecular complexity index is 850. The van der Waals surface area contributed by atoms with E-state index in [2.05, 4.69) is 26.7 Å². The van der Waals surface area contributed by atoms with E-state index in [1.54, 1.807) is 25.1 Å². The molecule has 7 heteroatoms. The molecule has 28 heavy (non-hydrogen) atoms. The lowest BCUT2D eigenvalue weighted by Gasteiger charge is -2.15. The van der Waals surface area contributed by atoms with Crippen LogP contribution in [-0.4, -0.2) is 29.1 Å². The summed E-state index contributed by atoms with van der Waals surface area (Å²) in [7, 11) is 0. The number of carbonyl (C=O) groups excluding carboxylic acids is 1. The van der Waals surface area contributed by atoms with Gasteiger partial charge >= 0.3 is 5.97 Å². The number of esters is 1. The standard InChI is InChI=1S/C21H27N5O2/c1-2-28-21(27)16-9-6-10-17(13-16)26-20-18(22)19(24-14-25-20)23-12-11-15-7-4-3-5-8-15/h6-7,9-10,13-14H,2-5,8,11-12,22H2,1H3,(H2,23,24,25,26). The van der Waals surface area contributed by atoms with E-state index < -0.39 is 0 Å². The highest BCUT2D eigenvalue weighted by atomic mass is 16.5. The Hall–Kier alpha value is -3.09. The lowest BCUT2D eigenvalue weighted by atomic mass is 9.97. The molecule has 1 aromatic carbocycles. The molecule has 0 aliphatic heterocycles. The van der Waals surface area contributed by atoms with Crippen molar-refractivity contribution in [3.8, 4) is 0 Å². The van der Waals surface area contributed by atoms with Crippen molar-refractivity contribution >= 4 is 29.0 Å². The monoisotopic (exact) mass is 381 g/mol. The average molecular weight is 381 g/mol. The molecule has 0 unspecified atom stereocenters. The zero-order chi connectivity index (χ0) is 19.8. The first kappa shape index (κ1) is 19.7. The second-order valence-corrected chi connectivity index (χ2v) is 6.70. The number of anilines is 4. The SMILES string of the molecule is CCOC(=O)c1cccc(Nc2ncnc(NCCC3=CCCCC3)c2N)c1. The molecule has 0 atom stereocenters. The highest BCUT2D eigenvalue weighted by molar-refractivity contribution is 5.91. The molecule has 0 fully saturated rings. The molecule has 2 aromatic rings. The van der Waals surface area contributed by atoms with Gasteiger partial charge in [0.1, 0.15) is 12.0 Å². The Morgan fingerprint density at radius 2 is 2.11 bits per heavy atom. The predicted octanol–water partition coefficient (Wildman–Crippen LogP) is 4.28. The Morgan fingerprint density at radius 3 is 2.89 bits per heavy atom. The van der Waals surface area contributed by atoms with E-state index in [9.17, 15) is 4.79 Å². The van der Waals surface area contributed by atoms with Gasteiger partial charge in [-0.2, -0.15) is 0 Å². The van der Waals surface area contributed by atoms with E-state index >= 15 is 0 Å². The molecular formula is C21H27N5O2. The van der Waals surface area contributed by atoms with Gasteiger partial charge in [-0.05, 0) is 57.2 Å². The summed E-state index contributed by atoms with van der Waals surface area (Å²) in [5.41, 5.74) is 9.36. The Kier molecular flexibility index (Phi) is 6.84. The summed E-state index contributed by atoms with van der Waals surface area (Å²) < 4.78 is 5.04. The van der Waals surface area contributed by atoms with Crippen LogP contribution in [0.2, 0.25) is 0 Å². The maximum Gasteiger partial charge on any atom is 0.338 e. The summed E-state index contributed by atoms with van der Waals surface area (Å²) in [6.07, 6.45) is 9.75. The summed E-state index contributed by atoms with van der Waals surface area (Å²) in [5.74, 6) is 0.743. The van der Waals surface area contributed by atoms with Gasteiger partial charge < -0.3 is 21.1 Å². The van der Waals surface area contributed by atoms with E-state index in [1.807, 2.05) is 6.07 Å². The average Bonchev–Trinajstić information content (AvgIpc) is 2.72. The van der Waals surface area contributed by atoms with Crippen molar-refractivity contribution in [2.45, 2.75) is 39.0 Å². The molecule has 0 bridgehead atoms. The number of nitrogen functional groups attached to an aromatic ring is 1. The molecule has 148 valence electrons. The van der Waals surface area contributed by atoms with Crippen molar-refractivity contribution in [3.63, 3.8) is 0 Å². The van der Waals surface area contributed by atoms with Crippen LogP contribution in [0.4, 0.5) is 23.0 Å². The molecule has 0 spiro atoms. The lowest BCUT2D eigenvalue weighted by Crippen LogP contribution is -2.10. The fraction of sp³-hybridized carbons (Fsp3) is 0.381. The maximum atomic E-state index is 11.9. The van der Waals surface area contributed by atoms with Crippen molar-refractivity contribution in [2.75, 3.05) is 29.5 Å². The molecule has 0 amide bonds. The minimum atomic E-state index is -0.360. The topological polar surface area (TPSA) is 102 Å². The Labute approximate surface area is 165 Å². The minimum absolute atomic E-state index is 0.335. The van der Waals surface area contributed by atoms with Gasteiger partial charge in [0, 0.05) is 12.2 Å². The van der Waals surface area contributed by atoms with Crippen molar-refractivity contribution in [1.29, 1.82) is 0 Å². The fourth-order valence-electron chi connectivity index (χ4n) is 3.18. The van der Waals surface area contributed by atoms with E-state index in [0.717, 1.165) is 13.0 Å². The lowest BCUT2D eigenvalue weighted by molar-refractivity contribution is 0.0526. The minimum Gasteiger partial charge on any atom is -0.462 e. The van der Waals surface area contributed by atoms with Crippen LogP contribution in [0.15, 0.2) is 42.2 Å². The molecule has 1 aliphatic carbocycles. The van der Waals surface area contributed by atoms with Gasteiger partial charge in [-0.25, -0.2) is 14.8 Å². The number of aromatic nitrogens is 2. The predicted molar refractivity (Wildman–Crippen MR) is 112 cm³/mol. The molecule has 1 aliphatic rings. The number of rotatable bonds is 8. The second-order valence-electron chi connectivity index (χ2n) is 6.70. The van der Waals surface area contributed by atoms with Crippen molar-refractivity contribution in [3.05, 3.63) is 47.8 Å². The first-order chi connectivity index (χ1) is 13.7. The normalized spacial score (nSPS) is 13.5. The van der Waals surface area contributed by atoms with Gasteiger partial charge in [-0.3, -0.25) is 0 Å². The molecule has 1 aromatic heterocycles. The first-order valence-corrected chi connectivity index (χ1v) is 9.74. The number of allylic oxidation sites excluding steroid dienone is 1. The summed E-state index contributed by atoms with van der Waals surface area (Å²) in [5, 5.41) is 6.46. The van der Waals surface area contributed by atoms with Crippen molar-refractivity contribution < 1.29 is 9.53 Å². The molecule has 0 saturated carbocycles. The van der Waals surface area contributed by atoms with Gasteiger partial charge in [0.25, 0.3) is 0 Å². The largest absolute Gasteiger partial charge is 0.462 e. The zero-order valence-electron chi connectivity index (χ0n) is 16.2. The van der Waals surface area contributed by atoms with E-state index in [1.165, 1.54) is 37.6 Å². The van der Waals surface area contributed by atoms with Gasteiger partial charge in [-0.15, -0.1) is 0 Å². The fourth-order valence-corrected chi connectivity index (χ4v) is 3.18. The van der Waals surface area contributed by atoms with Crippen LogP contribution in [0, 0.1) is 0 Å². The smallest absolute Gasteiger partial charge is 0.338 e. The van der Waals surface area contributed by atoms with Gasteiger partial charge in [0.05, 0.1) is 12.2 Å². The molecule has 1 heterocycles. The molecular weight excluding hydrogens is 354 g/mol. The highest BCUT2D eigenvalue weighted by Gasteiger charge is 2.11. The summed E-state index contributed by atoms with van der Waals surface area (Å²) in [6, 6.07) is 7.04. The summed E-state index contributed by atoms with van der Waals surface area (Å²) in [6.45, 7) is 2.90. The summed E-state index contributed by atoms with van der Waals surface area (Å²) in [4.78, 5) is 20.4. The number of benzene rings is 1. The third kappa shape index (κ3) is 5.22. The van der Waals surface area contributed by atoms with Gasteiger partial charge in [0.2, 0.25) is 0 Å². The van der Waals surface area contributed by atoms with Crippen LogP contribution in [0.25, 0.3) is 0 Å². The molecule has 4 N–H and O–H groups in total. The third-order valence-electron chi connectivity index (χ3n) is 4.64. The van der Waals surface area contributed by atoms with Crippen LogP contribution in [0.3, 0.4) is 0 Å². The molecule has 0 saturated heterocycles. The number of nitrogens with two attached hydrogens (primary N) is 1. The van der Waals surface area contributed by atoms with E-state index in [0.29, 0.717) is 35.2 Å². The quantitative estimate of drug-likeness (QED) is 0.463. The molecule has 7 nitrogen and oxygen atoms in total. The van der Waals surface area contributed by atoms with Crippen molar-refractivity contribution in [2.24, 2.45) is 0 Å². The number of nitrogens with one attached hydrogen (secondary N) is 2.